The summed E-state index contributed by atoms with van der Waals surface area (Å²) in [5.41, 5.74) is 0. The van der Waals surface area contributed by atoms with Crippen LogP contribution in [0, 0.1) is 0 Å². The van der Waals surface area contributed by atoms with Gasteiger partial charge >= 0.3 is 6.01 Å². The van der Waals surface area contributed by atoms with E-state index in [1.807, 2.05) is 34.0 Å². The van der Waals surface area contributed by atoms with Crippen molar-refractivity contribution in [1.82, 2.24) is 19.4 Å². The normalized spacial score (nSPS) is 17.8. The van der Waals surface area contributed by atoms with Crippen LogP contribution < -0.4 is 9.47 Å². The van der Waals surface area contributed by atoms with E-state index in [1.54, 1.807) is 12.3 Å². The van der Waals surface area contributed by atoms with Crippen LogP contribution in [0.5, 0.6) is 11.9 Å². The van der Waals surface area contributed by atoms with Crippen LogP contribution in [0.4, 0.5) is 0 Å². The summed E-state index contributed by atoms with van der Waals surface area (Å²) in [6.07, 6.45) is 7.14. The Morgan fingerprint density at radius 1 is 1.39 bits per heavy atom. The predicted molar refractivity (Wildman–Crippen MR) is 83.2 cm³/mol. The summed E-state index contributed by atoms with van der Waals surface area (Å²) < 4.78 is 12.8. The molecule has 23 heavy (non-hydrogen) atoms. The van der Waals surface area contributed by atoms with Gasteiger partial charge in [-0.15, -0.1) is 0 Å². The minimum Gasteiger partial charge on any atom is -0.472 e. The first-order valence-corrected chi connectivity index (χ1v) is 7.67. The van der Waals surface area contributed by atoms with E-state index in [9.17, 15) is 4.79 Å². The van der Waals surface area contributed by atoms with Crippen LogP contribution in [-0.4, -0.2) is 51.6 Å². The average Bonchev–Trinajstić information content (AvgIpc) is 3.08. The molecule has 0 bridgehead atoms. The molecule has 3 heterocycles. The molecule has 1 atom stereocenters. The minimum atomic E-state index is -0.0584. The molecule has 3 rings (SSSR count). The van der Waals surface area contributed by atoms with E-state index in [0.717, 1.165) is 19.4 Å². The molecule has 0 radical (unpaired) electrons. The van der Waals surface area contributed by atoms with Crippen molar-refractivity contribution in [3.63, 3.8) is 0 Å². The summed E-state index contributed by atoms with van der Waals surface area (Å²) in [6.45, 7) is 1.71. The van der Waals surface area contributed by atoms with Gasteiger partial charge in [0.05, 0.1) is 13.7 Å². The quantitative estimate of drug-likeness (QED) is 0.833. The lowest BCUT2D eigenvalue weighted by Gasteiger charge is -2.32. The van der Waals surface area contributed by atoms with Crippen molar-refractivity contribution in [2.75, 3.05) is 20.2 Å². The summed E-state index contributed by atoms with van der Waals surface area (Å²) in [7, 11) is 1.52. The van der Waals surface area contributed by atoms with Crippen molar-refractivity contribution < 1.29 is 14.3 Å². The number of rotatable bonds is 5. The topological polar surface area (TPSA) is 69.5 Å². The van der Waals surface area contributed by atoms with Crippen LogP contribution in [0.2, 0.25) is 0 Å². The molecular formula is C16H20N4O3. The number of carbonyl (C=O) groups excluding carboxylic acids is 1. The summed E-state index contributed by atoms with van der Waals surface area (Å²) in [6, 6.07) is 5.80. The van der Waals surface area contributed by atoms with E-state index in [1.165, 1.54) is 7.11 Å². The molecule has 1 unspecified atom stereocenters. The van der Waals surface area contributed by atoms with Crippen LogP contribution in [0.25, 0.3) is 0 Å². The van der Waals surface area contributed by atoms with Gasteiger partial charge in [0.25, 0.3) is 0 Å². The van der Waals surface area contributed by atoms with Crippen molar-refractivity contribution in [2.24, 2.45) is 0 Å². The van der Waals surface area contributed by atoms with Crippen molar-refractivity contribution in [3.8, 4) is 11.9 Å². The molecule has 122 valence electrons. The lowest BCUT2D eigenvalue weighted by molar-refractivity contribution is -0.134. The van der Waals surface area contributed by atoms with Crippen LogP contribution in [0.15, 0.2) is 36.8 Å². The zero-order valence-corrected chi connectivity index (χ0v) is 13.1. The number of hydrogen-bond donors (Lipinski definition) is 0. The van der Waals surface area contributed by atoms with Crippen molar-refractivity contribution >= 4 is 5.91 Å². The van der Waals surface area contributed by atoms with Crippen molar-refractivity contribution in [2.45, 2.75) is 25.5 Å². The molecule has 0 saturated carbocycles. The minimum absolute atomic E-state index is 0.0584. The Morgan fingerprint density at radius 3 is 3.00 bits per heavy atom. The second kappa shape index (κ2) is 7.13. The van der Waals surface area contributed by atoms with Crippen molar-refractivity contribution in [1.29, 1.82) is 0 Å². The highest BCUT2D eigenvalue weighted by atomic mass is 16.5. The Labute approximate surface area is 134 Å². The van der Waals surface area contributed by atoms with Gasteiger partial charge in [-0.1, -0.05) is 0 Å². The molecule has 1 fully saturated rings. The number of likely N-dealkylation sites (tertiary alicyclic amines) is 1. The molecule has 7 nitrogen and oxygen atoms in total. The summed E-state index contributed by atoms with van der Waals surface area (Å²) in [5.74, 6) is 0.580. The first-order valence-electron chi connectivity index (χ1n) is 7.67. The molecular weight excluding hydrogens is 296 g/mol. The van der Waals surface area contributed by atoms with E-state index in [-0.39, 0.29) is 18.0 Å². The van der Waals surface area contributed by atoms with Crippen LogP contribution in [-0.2, 0) is 11.3 Å². The van der Waals surface area contributed by atoms with Gasteiger partial charge in [-0.2, -0.15) is 4.98 Å². The number of amides is 1. The lowest BCUT2D eigenvalue weighted by atomic mass is 10.1. The third kappa shape index (κ3) is 4.00. The van der Waals surface area contributed by atoms with Crippen molar-refractivity contribution in [3.05, 3.63) is 36.8 Å². The second-order valence-corrected chi connectivity index (χ2v) is 5.46. The summed E-state index contributed by atoms with van der Waals surface area (Å²) in [4.78, 5) is 22.3. The fourth-order valence-corrected chi connectivity index (χ4v) is 2.65. The Kier molecular flexibility index (Phi) is 4.75. The standard InChI is InChI=1S/C16H20N4O3/c1-22-16-17-7-6-14(18-16)23-13-5-4-10-20(11-13)15(21)12-19-8-2-3-9-19/h2-3,6-9,13H,4-5,10-12H2,1H3. The maximum absolute atomic E-state index is 12.4. The molecule has 1 aliphatic rings. The van der Waals surface area contributed by atoms with Crippen LogP contribution in [0.1, 0.15) is 12.8 Å². The van der Waals surface area contributed by atoms with Gasteiger partial charge < -0.3 is 18.9 Å². The highest BCUT2D eigenvalue weighted by molar-refractivity contribution is 5.76. The molecule has 0 aliphatic carbocycles. The molecule has 0 N–H and O–H groups in total. The Balaban J connectivity index is 1.58. The average molecular weight is 316 g/mol. The van der Waals surface area contributed by atoms with E-state index < -0.39 is 0 Å². The van der Waals surface area contributed by atoms with Gasteiger partial charge in [0, 0.05) is 31.2 Å². The molecule has 1 amide bonds. The number of ether oxygens (including phenoxy) is 2. The fraction of sp³-hybridized carbons (Fsp3) is 0.438. The van der Waals surface area contributed by atoms with Gasteiger partial charge in [0.2, 0.25) is 11.8 Å². The number of piperidine rings is 1. The zero-order chi connectivity index (χ0) is 16.1. The van der Waals surface area contributed by atoms with E-state index in [2.05, 4.69) is 9.97 Å². The molecule has 7 heteroatoms. The smallest absolute Gasteiger partial charge is 0.319 e. The highest BCUT2D eigenvalue weighted by Crippen LogP contribution is 2.18. The number of aromatic nitrogens is 3. The van der Waals surface area contributed by atoms with Gasteiger partial charge in [0.15, 0.2) is 0 Å². The Bertz CT molecular complexity index is 645. The Hall–Kier alpha value is -2.57. The van der Waals surface area contributed by atoms with Gasteiger partial charge in [-0.25, -0.2) is 4.98 Å². The highest BCUT2D eigenvalue weighted by Gasteiger charge is 2.25. The third-order valence-corrected chi connectivity index (χ3v) is 3.79. The van der Waals surface area contributed by atoms with E-state index in [4.69, 9.17) is 9.47 Å². The van der Waals surface area contributed by atoms with E-state index in [0.29, 0.717) is 19.0 Å². The molecule has 2 aromatic rings. The molecule has 1 saturated heterocycles. The number of hydrogen-bond acceptors (Lipinski definition) is 5. The molecule has 0 spiro atoms. The summed E-state index contributed by atoms with van der Waals surface area (Å²) >= 11 is 0. The van der Waals surface area contributed by atoms with Gasteiger partial charge in [-0.05, 0) is 25.0 Å². The van der Waals surface area contributed by atoms with Crippen LogP contribution >= 0.6 is 0 Å². The molecule has 0 aromatic carbocycles. The summed E-state index contributed by atoms with van der Waals surface area (Å²) in [5, 5.41) is 0. The lowest BCUT2D eigenvalue weighted by Crippen LogP contribution is -2.45. The number of carbonyl (C=O) groups is 1. The monoisotopic (exact) mass is 316 g/mol. The molecule has 1 aliphatic heterocycles. The van der Waals surface area contributed by atoms with Gasteiger partial charge in [0.1, 0.15) is 12.6 Å². The molecule has 2 aromatic heterocycles. The first-order chi connectivity index (χ1) is 11.2. The second-order valence-electron chi connectivity index (χ2n) is 5.46. The maximum atomic E-state index is 12.4. The van der Waals surface area contributed by atoms with E-state index >= 15 is 0 Å². The maximum Gasteiger partial charge on any atom is 0.319 e. The third-order valence-electron chi connectivity index (χ3n) is 3.79. The zero-order valence-electron chi connectivity index (χ0n) is 13.1. The number of nitrogens with zero attached hydrogens (tertiary/aromatic N) is 4. The fourth-order valence-electron chi connectivity index (χ4n) is 2.65. The Morgan fingerprint density at radius 2 is 2.22 bits per heavy atom. The first kappa shape index (κ1) is 15.3. The SMILES string of the molecule is COc1nccc(OC2CCCN(C(=O)Cn3cccc3)C2)n1. The number of methoxy groups -OCH3 is 1. The van der Waals surface area contributed by atoms with Crippen LogP contribution in [0.3, 0.4) is 0 Å². The largest absolute Gasteiger partial charge is 0.472 e. The predicted octanol–water partition coefficient (Wildman–Crippen LogP) is 1.36. The van der Waals surface area contributed by atoms with Gasteiger partial charge in [-0.3, -0.25) is 4.79 Å².